The summed E-state index contributed by atoms with van der Waals surface area (Å²) >= 11 is 0. The number of fused-ring (bicyclic) bond motifs is 1. The van der Waals surface area contributed by atoms with Gasteiger partial charge in [0.2, 0.25) is 5.91 Å². The van der Waals surface area contributed by atoms with Crippen LogP contribution in [0.25, 0.3) is 0 Å². The molecule has 3 saturated heterocycles. The van der Waals surface area contributed by atoms with Gasteiger partial charge in [0, 0.05) is 25.6 Å². The summed E-state index contributed by atoms with van der Waals surface area (Å²) in [4.78, 5) is 19.2. The summed E-state index contributed by atoms with van der Waals surface area (Å²) in [6, 6.07) is 0.344. The van der Waals surface area contributed by atoms with Crippen LogP contribution in [0.15, 0.2) is 0 Å². The zero-order chi connectivity index (χ0) is 10.3. The van der Waals surface area contributed by atoms with Gasteiger partial charge in [0.25, 0.3) is 0 Å². The van der Waals surface area contributed by atoms with Gasteiger partial charge >= 0.3 is 0 Å². The number of rotatable bonds is 1. The fraction of sp³-hybridized carbons (Fsp3) is 0.900. The van der Waals surface area contributed by atoms with E-state index in [1.54, 1.807) is 0 Å². The van der Waals surface area contributed by atoms with Gasteiger partial charge < -0.3 is 14.5 Å². The summed E-state index contributed by atoms with van der Waals surface area (Å²) in [5.41, 5.74) is 2.97. The van der Waals surface area contributed by atoms with E-state index in [0.717, 1.165) is 32.7 Å². The van der Waals surface area contributed by atoms with E-state index in [9.17, 15) is 4.79 Å². The monoisotopic (exact) mass is 212 g/mol. The van der Waals surface area contributed by atoms with Crippen molar-refractivity contribution in [3.63, 3.8) is 0 Å². The van der Waals surface area contributed by atoms with E-state index in [1.165, 1.54) is 0 Å². The summed E-state index contributed by atoms with van der Waals surface area (Å²) in [5, 5.41) is 0. The second-order valence-electron chi connectivity index (χ2n) is 4.60. The van der Waals surface area contributed by atoms with Crippen LogP contribution in [-0.4, -0.2) is 49.8 Å². The lowest BCUT2D eigenvalue weighted by atomic mass is 10.1. The summed E-state index contributed by atoms with van der Waals surface area (Å²) in [7, 11) is 0. The van der Waals surface area contributed by atoms with Crippen LogP contribution in [0, 0.1) is 11.8 Å². The van der Waals surface area contributed by atoms with Crippen LogP contribution >= 0.6 is 0 Å². The maximum atomic E-state index is 12.1. The number of hydrogen-bond donors (Lipinski definition) is 1. The quantitative estimate of drug-likeness (QED) is 0.629. The minimum Gasteiger partial charge on any atom is -0.381 e. The second-order valence-corrected chi connectivity index (χ2v) is 4.60. The first-order valence-corrected chi connectivity index (χ1v) is 5.58. The van der Waals surface area contributed by atoms with Gasteiger partial charge in [0.15, 0.2) is 0 Å². The Morgan fingerprint density at radius 2 is 2.27 bits per heavy atom. The number of ether oxygens (including phenoxy) is 1. The second kappa shape index (κ2) is 3.73. The maximum Gasteiger partial charge on any atom is 0.228 e. The highest BCUT2D eigenvalue weighted by atomic mass is 16.7. The molecule has 0 saturated carbocycles. The van der Waals surface area contributed by atoms with Gasteiger partial charge in [-0.3, -0.25) is 4.79 Å². The average Bonchev–Trinajstić information content (AvgIpc) is 2.92. The van der Waals surface area contributed by atoms with Crippen molar-refractivity contribution in [2.24, 2.45) is 11.8 Å². The van der Waals surface area contributed by atoms with Crippen LogP contribution in [0.1, 0.15) is 6.42 Å². The smallest absolute Gasteiger partial charge is 0.228 e. The van der Waals surface area contributed by atoms with Crippen LogP contribution < -0.4 is 5.48 Å². The first kappa shape index (κ1) is 9.57. The normalized spacial score (nSPS) is 39.7. The molecule has 3 atom stereocenters. The van der Waals surface area contributed by atoms with E-state index in [2.05, 4.69) is 5.48 Å². The van der Waals surface area contributed by atoms with Crippen molar-refractivity contribution in [3.05, 3.63) is 0 Å². The molecule has 0 bridgehead atoms. The van der Waals surface area contributed by atoms with Gasteiger partial charge in [0.05, 0.1) is 25.2 Å². The van der Waals surface area contributed by atoms with E-state index in [-0.39, 0.29) is 11.8 Å². The van der Waals surface area contributed by atoms with E-state index in [4.69, 9.17) is 9.57 Å². The Morgan fingerprint density at radius 1 is 1.33 bits per heavy atom. The minimum absolute atomic E-state index is 0.102. The molecule has 3 heterocycles. The van der Waals surface area contributed by atoms with Crippen molar-refractivity contribution in [1.82, 2.24) is 10.4 Å². The Morgan fingerprint density at radius 3 is 3.00 bits per heavy atom. The zero-order valence-corrected chi connectivity index (χ0v) is 8.65. The first-order chi connectivity index (χ1) is 7.34. The SMILES string of the molecule is O=C([C@@H]1CCOC1)N1C[C@H]2CON[C@@H]2C1. The molecule has 0 aromatic heterocycles. The van der Waals surface area contributed by atoms with Crippen LogP contribution in [0.5, 0.6) is 0 Å². The van der Waals surface area contributed by atoms with Gasteiger partial charge in [-0.1, -0.05) is 0 Å². The molecule has 3 fully saturated rings. The van der Waals surface area contributed by atoms with Crippen molar-refractivity contribution in [2.75, 3.05) is 32.9 Å². The summed E-state index contributed by atoms with van der Waals surface area (Å²) in [6.07, 6.45) is 0.884. The Labute approximate surface area is 88.7 Å². The molecular formula is C10H16N2O3. The average molecular weight is 212 g/mol. The van der Waals surface area contributed by atoms with E-state index in [1.807, 2.05) is 4.90 Å². The van der Waals surface area contributed by atoms with Crippen molar-refractivity contribution in [2.45, 2.75) is 12.5 Å². The number of hydrogen-bond acceptors (Lipinski definition) is 4. The molecule has 5 heteroatoms. The molecule has 0 aromatic carbocycles. The predicted molar refractivity (Wildman–Crippen MR) is 51.9 cm³/mol. The van der Waals surface area contributed by atoms with E-state index < -0.39 is 0 Å². The van der Waals surface area contributed by atoms with Crippen LogP contribution in [0.3, 0.4) is 0 Å². The van der Waals surface area contributed by atoms with Crippen molar-refractivity contribution in [3.8, 4) is 0 Å². The van der Waals surface area contributed by atoms with Crippen LogP contribution in [-0.2, 0) is 14.4 Å². The third-order valence-electron chi connectivity index (χ3n) is 3.56. The fourth-order valence-corrected chi connectivity index (χ4v) is 2.60. The molecule has 5 nitrogen and oxygen atoms in total. The van der Waals surface area contributed by atoms with Gasteiger partial charge in [-0.15, -0.1) is 0 Å². The largest absolute Gasteiger partial charge is 0.381 e. The summed E-state index contributed by atoms with van der Waals surface area (Å²) in [6.45, 7) is 3.70. The van der Waals surface area contributed by atoms with Crippen molar-refractivity contribution < 1.29 is 14.4 Å². The topological polar surface area (TPSA) is 50.8 Å². The third kappa shape index (κ3) is 1.64. The number of hydroxylamine groups is 1. The Bertz CT molecular complexity index is 253. The lowest BCUT2D eigenvalue weighted by Crippen LogP contribution is -2.37. The molecule has 3 aliphatic rings. The molecule has 0 unspecified atom stereocenters. The number of carbonyl (C=O) groups excluding carboxylic acids is 1. The highest BCUT2D eigenvalue weighted by Gasteiger charge is 2.41. The number of carbonyl (C=O) groups is 1. The minimum atomic E-state index is 0.102. The van der Waals surface area contributed by atoms with Crippen LogP contribution in [0.2, 0.25) is 0 Å². The maximum absolute atomic E-state index is 12.1. The molecule has 0 aromatic rings. The first-order valence-electron chi connectivity index (χ1n) is 5.58. The number of nitrogens with one attached hydrogen (secondary N) is 1. The van der Waals surface area contributed by atoms with E-state index in [0.29, 0.717) is 18.6 Å². The molecule has 3 aliphatic heterocycles. The van der Waals surface area contributed by atoms with Crippen LogP contribution in [0.4, 0.5) is 0 Å². The summed E-state index contributed by atoms with van der Waals surface area (Å²) in [5.74, 6) is 0.852. The summed E-state index contributed by atoms with van der Waals surface area (Å²) < 4.78 is 5.24. The Hall–Kier alpha value is -0.650. The Balaban J connectivity index is 1.61. The number of amides is 1. The molecule has 84 valence electrons. The predicted octanol–water partition coefficient (Wildman–Crippen LogP) is -0.615. The Kier molecular flexibility index (Phi) is 2.38. The molecule has 15 heavy (non-hydrogen) atoms. The standard InChI is InChI=1S/C10H16N2O3/c13-10(7-1-2-14-5-7)12-3-8-6-15-11-9(8)4-12/h7-9,11H,1-6H2/t7-,8+,9-/m1/s1. The lowest BCUT2D eigenvalue weighted by Gasteiger charge is -2.20. The molecular weight excluding hydrogens is 196 g/mol. The van der Waals surface area contributed by atoms with Gasteiger partial charge in [-0.05, 0) is 6.42 Å². The molecule has 0 aliphatic carbocycles. The van der Waals surface area contributed by atoms with Gasteiger partial charge in [-0.2, -0.15) is 5.48 Å². The molecule has 0 spiro atoms. The third-order valence-corrected chi connectivity index (χ3v) is 3.56. The molecule has 0 radical (unpaired) electrons. The molecule has 3 rings (SSSR count). The lowest BCUT2D eigenvalue weighted by molar-refractivity contribution is -0.135. The number of nitrogens with zero attached hydrogens (tertiary/aromatic N) is 1. The van der Waals surface area contributed by atoms with Gasteiger partial charge in [0.1, 0.15) is 0 Å². The zero-order valence-electron chi connectivity index (χ0n) is 8.65. The van der Waals surface area contributed by atoms with Crippen molar-refractivity contribution >= 4 is 5.91 Å². The fourth-order valence-electron chi connectivity index (χ4n) is 2.60. The molecule has 1 amide bonds. The number of likely N-dealkylation sites (tertiary alicyclic amines) is 1. The van der Waals surface area contributed by atoms with E-state index >= 15 is 0 Å². The highest BCUT2D eigenvalue weighted by Crippen LogP contribution is 2.25. The highest BCUT2D eigenvalue weighted by molar-refractivity contribution is 5.79. The van der Waals surface area contributed by atoms with Crippen molar-refractivity contribution in [1.29, 1.82) is 0 Å². The molecule has 1 N–H and O–H groups in total. The van der Waals surface area contributed by atoms with Gasteiger partial charge in [-0.25, -0.2) is 0 Å².